The summed E-state index contributed by atoms with van der Waals surface area (Å²) < 4.78 is 10.2. The van der Waals surface area contributed by atoms with Gasteiger partial charge in [0.2, 0.25) is 11.8 Å². The van der Waals surface area contributed by atoms with Gasteiger partial charge in [0.05, 0.1) is 24.8 Å². The Hall–Kier alpha value is -1.89. The second-order valence-electron chi connectivity index (χ2n) is 7.20. The minimum Gasteiger partial charge on any atom is -0.466 e. The predicted molar refractivity (Wildman–Crippen MR) is 89.6 cm³/mol. The fraction of sp³-hybridized carbons (Fsp3) is 0.706. The zero-order valence-corrected chi connectivity index (χ0v) is 14.9. The zero-order chi connectivity index (χ0) is 17.7. The number of carbonyl (C=O) groups excluding carboxylic acids is 2. The minimum atomic E-state index is -0.173. The standard InChI is InChI=1S/C17H27N3O4/c1-5-23-16(22)12-7-6-8-20(10-12)11-14(21)18-15-9-13(19-24-15)17(2,3)4/h9,12H,5-8,10-11H2,1-4H3,(H,18,21)/t12-/m1/s1. The molecule has 0 saturated carbocycles. The van der Waals surface area contributed by atoms with E-state index in [-0.39, 0.29) is 29.8 Å². The topological polar surface area (TPSA) is 84.7 Å². The molecule has 1 aromatic heterocycles. The minimum absolute atomic E-state index is 0.133. The number of nitrogens with zero attached hydrogens (tertiary/aromatic N) is 2. The van der Waals surface area contributed by atoms with E-state index in [0.717, 1.165) is 25.1 Å². The number of hydrogen-bond donors (Lipinski definition) is 1. The number of hydrogen-bond acceptors (Lipinski definition) is 6. The van der Waals surface area contributed by atoms with Crippen molar-refractivity contribution in [3.8, 4) is 0 Å². The molecule has 2 heterocycles. The number of piperidine rings is 1. The van der Waals surface area contributed by atoms with Gasteiger partial charge in [-0.05, 0) is 26.3 Å². The summed E-state index contributed by atoms with van der Waals surface area (Å²) in [6, 6.07) is 1.75. The van der Waals surface area contributed by atoms with Crippen molar-refractivity contribution in [2.24, 2.45) is 5.92 Å². The number of esters is 1. The summed E-state index contributed by atoms with van der Waals surface area (Å²) in [7, 11) is 0. The van der Waals surface area contributed by atoms with Crippen LogP contribution in [0.25, 0.3) is 0 Å². The van der Waals surface area contributed by atoms with Gasteiger partial charge in [-0.2, -0.15) is 0 Å². The molecule has 1 fully saturated rings. The maximum atomic E-state index is 12.2. The fourth-order valence-corrected chi connectivity index (χ4v) is 2.72. The Morgan fingerprint density at radius 1 is 1.46 bits per heavy atom. The first-order valence-corrected chi connectivity index (χ1v) is 8.45. The molecule has 1 amide bonds. The van der Waals surface area contributed by atoms with Crippen LogP contribution in [0.4, 0.5) is 5.88 Å². The van der Waals surface area contributed by atoms with Crippen molar-refractivity contribution in [3.05, 3.63) is 11.8 Å². The number of likely N-dealkylation sites (tertiary alicyclic amines) is 1. The van der Waals surface area contributed by atoms with Crippen LogP contribution in [-0.4, -0.2) is 48.2 Å². The molecule has 0 radical (unpaired) electrons. The van der Waals surface area contributed by atoms with Crippen molar-refractivity contribution >= 4 is 17.8 Å². The number of rotatable bonds is 5. The number of aromatic nitrogens is 1. The highest BCUT2D eigenvalue weighted by molar-refractivity contribution is 5.91. The first-order chi connectivity index (χ1) is 11.3. The van der Waals surface area contributed by atoms with E-state index < -0.39 is 0 Å². The molecule has 0 bridgehead atoms. The van der Waals surface area contributed by atoms with Gasteiger partial charge in [0, 0.05) is 18.0 Å². The maximum absolute atomic E-state index is 12.2. The van der Waals surface area contributed by atoms with E-state index in [4.69, 9.17) is 9.26 Å². The van der Waals surface area contributed by atoms with Crippen molar-refractivity contribution in [1.82, 2.24) is 10.1 Å². The third kappa shape index (κ3) is 5.06. The van der Waals surface area contributed by atoms with Gasteiger partial charge in [0.1, 0.15) is 0 Å². The Bertz CT molecular complexity index is 577. The number of nitrogens with one attached hydrogen (secondary N) is 1. The van der Waals surface area contributed by atoms with Gasteiger partial charge in [-0.15, -0.1) is 0 Å². The third-order valence-electron chi connectivity index (χ3n) is 4.03. The molecule has 0 aromatic carbocycles. The van der Waals surface area contributed by atoms with Gasteiger partial charge in [-0.1, -0.05) is 25.9 Å². The maximum Gasteiger partial charge on any atom is 0.310 e. The van der Waals surface area contributed by atoms with Gasteiger partial charge < -0.3 is 9.26 Å². The number of amides is 1. The highest BCUT2D eigenvalue weighted by Gasteiger charge is 2.28. The quantitative estimate of drug-likeness (QED) is 0.829. The average Bonchev–Trinajstić information content (AvgIpc) is 2.96. The third-order valence-corrected chi connectivity index (χ3v) is 4.03. The molecule has 0 spiro atoms. The predicted octanol–water partition coefficient (Wildman–Crippen LogP) is 2.19. The average molecular weight is 337 g/mol. The molecule has 1 atom stereocenters. The van der Waals surface area contributed by atoms with Gasteiger partial charge in [-0.3, -0.25) is 19.8 Å². The Morgan fingerprint density at radius 3 is 2.83 bits per heavy atom. The number of ether oxygens (including phenoxy) is 1. The van der Waals surface area contributed by atoms with Crippen LogP contribution in [0.15, 0.2) is 10.6 Å². The van der Waals surface area contributed by atoms with Crippen LogP contribution < -0.4 is 5.32 Å². The molecule has 1 N–H and O–H groups in total. The van der Waals surface area contributed by atoms with Crippen LogP contribution in [0.5, 0.6) is 0 Å². The Balaban J connectivity index is 1.85. The van der Waals surface area contributed by atoms with E-state index >= 15 is 0 Å². The lowest BCUT2D eigenvalue weighted by Gasteiger charge is -2.30. The van der Waals surface area contributed by atoms with Gasteiger partial charge in [0.15, 0.2) is 0 Å². The van der Waals surface area contributed by atoms with Crippen molar-refractivity contribution in [2.75, 3.05) is 31.6 Å². The molecule has 24 heavy (non-hydrogen) atoms. The highest BCUT2D eigenvalue weighted by atomic mass is 16.5. The van der Waals surface area contributed by atoms with Gasteiger partial charge in [0.25, 0.3) is 0 Å². The van der Waals surface area contributed by atoms with E-state index in [0.29, 0.717) is 19.0 Å². The molecule has 2 rings (SSSR count). The molecular formula is C17H27N3O4. The van der Waals surface area contributed by atoms with E-state index in [1.807, 2.05) is 25.7 Å². The van der Waals surface area contributed by atoms with Crippen molar-refractivity contribution in [1.29, 1.82) is 0 Å². The van der Waals surface area contributed by atoms with E-state index in [1.165, 1.54) is 0 Å². The van der Waals surface area contributed by atoms with Crippen molar-refractivity contribution in [2.45, 2.75) is 46.0 Å². The van der Waals surface area contributed by atoms with E-state index in [1.54, 1.807) is 13.0 Å². The van der Waals surface area contributed by atoms with Gasteiger partial charge >= 0.3 is 5.97 Å². The van der Waals surface area contributed by atoms with Crippen LogP contribution in [0.1, 0.15) is 46.2 Å². The SMILES string of the molecule is CCOC(=O)[C@@H]1CCCN(CC(=O)Nc2cc(C(C)(C)C)no2)C1. The molecule has 134 valence electrons. The summed E-state index contributed by atoms with van der Waals surface area (Å²) in [5.74, 6) is -0.142. The van der Waals surface area contributed by atoms with Crippen LogP contribution in [0, 0.1) is 5.92 Å². The summed E-state index contributed by atoms with van der Waals surface area (Å²) in [6.07, 6.45) is 1.70. The van der Waals surface area contributed by atoms with Gasteiger partial charge in [-0.25, -0.2) is 0 Å². The molecular weight excluding hydrogens is 310 g/mol. The largest absolute Gasteiger partial charge is 0.466 e. The number of carbonyl (C=O) groups is 2. The molecule has 7 heteroatoms. The van der Waals surface area contributed by atoms with E-state index in [2.05, 4.69) is 10.5 Å². The number of anilines is 1. The fourth-order valence-electron chi connectivity index (χ4n) is 2.72. The molecule has 1 aromatic rings. The van der Waals surface area contributed by atoms with E-state index in [9.17, 15) is 9.59 Å². The smallest absolute Gasteiger partial charge is 0.310 e. The lowest BCUT2D eigenvalue weighted by molar-refractivity contribution is -0.150. The normalized spacial score (nSPS) is 19.1. The monoisotopic (exact) mass is 337 g/mol. The molecule has 1 saturated heterocycles. The van der Waals surface area contributed by atoms with Crippen LogP contribution in [0.3, 0.4) is 0 Å². The van der Waals surface area contributed by atoms with Crippen LogP contribution in [0.2, 0.25) is 0 Å². The second-order valence-corrected chi connectivity index (χ2v) is 7.20. The Morgan fingerprint density at radius 2 is 2.21 bits per heavy atom. The zero-order valence-electron chi connectivity index (χ0n) is 14.9. The molecule has 0 aliphatic carbocycles. The Kier molecular flexibility index (Phi) is 5.99. The van der Waals surface area contributed by atoms with Crippen LogP contribution in [-0.2, 0) is 19.7 Å². The summed E-state index contributed by atoms with van der Waals surface area (Å²) in [5, 5.41) is 6.70. The molecule has 7 nitrogen and oxygen atoms in total. The lowest BCUT2D eigenvalue weighted by Crippen LogP contribution is -2.43. The summed E-state index contributed by atoms with van der Waals surface area (Å²) in [4.78, 5) is 26.0. The molecule has 1 aliphatic rings. The first kappa shape index (κ1) is 18.4. The van der Waals surface area contributed by atoms with Crippen molar-refractivity contribution < 1.29 is 18.8 Å². The van der Waals surface area contributed by atoms with Crippen molar-refractivity contribution in [3.63, 3.8) is 0 Å². The Labute approximate surface area is 142 Å². The highest BCUT2D eigenvalue weighted by Crippen LogP contribution is 2.23. The first-order valence-electron chi connectivity index (χ1n) is 8.45. The summed E-state index contributed by atoms with van der Waals surface area (Å²) >= 11 is 0. The molecule has 1 aliphatic heterocycles. The lowest BCUT2D eigenvalue weighted by atomic mass is 9.92. The second kappa shape index (κ2) is 7.79. The summed E-state index contributed by atoms with van der Waals surface area (Å²) in [5.41, 5.74) is 0.657. The van der Waals surface area contributed by atoms with Crippen LogP contribution >= 0.6 is 0 Å². The summed E-state index contributed by atoms with van der Waals surface area (Å²) in [6.45, 7) is 9.84. The molecule has 0 unspecified atom stereocenters.